The molecule has 0 aliphatic carbocycles. The van der Waals surface area contributed by atoms with Crippen molar-refractivity contribution in [3.8, 4) is 23.3 Å². The number of fused-ring (bicyclic) bond motifs is 1. The van der Waals surface area contributed by atoms with Gasteiger partial charge in [-0.3, -0.25) is 4.79 Å². The number of carbonyl (C=O) groups is 1. The van der Waals surface area contributed by atoms with Gasteiger partial charge in [-0.05, 0) is 35.9 Å². The molecule has 0 unspecified atom stereocenters. The summed E-state index contributed by atoms with van der Waals surface area (Å²) in [6, 6.07) is 12.2. The number of para-hydroxylation sites is 2. The van der Waals surface area contributed by atoms with Crippen molar-refractivity contribution in [1.29, 1.82) is 5.26 Å². The molecular formula is C20H17ClN2O4. The van der Waals surface area contributed by atoms with Crippen LogP contribution in [0.3, 0.4) is 0 Å². The van der Waals surface area contributed by atoms with Crippen LogP contribution in [0.2, 0.25) is 5.02 Å². The maximum Gasteiger partial charge on any atom is 0.266 e. The maximum absolute atomic E-state index is 12.5. The molecular weight excluding hydrogens is 368 g/mol. The molecule has 6 nitrogen and oxygen atoms in total. The third kappa shape index (κ3) is 4.33. The summed E-state index contributed by atoms with van der Waals surface area (Å²) in [4.78, 5) is 12.5. The number of halogens is 1. The third-order valence-corrected chi connectivity index (χ3v) is 4.14. The minimum atomic E-state index is -0.551. The monoisotopic (exact) mass is 384 g/mol. The highest BCUT2D eigenvalue weighted by Gasteiger charge is 2.17. The first kappa shape index (κ1) is 18.6. The number of anilines is 1. The second kappa shape index (κ2) is 8.47. The van der Waals surface area contributed by atoms with Crippen LogP contribution in [0, 0.1) is 11.3 Å². The van der Waals surface area contributed by atoms with E-state index >= 15 is 0 Å². The zero-order valence-corrected chi connectivity index (χ0v) is 15.4. The van der Waals surface area contributed by atoms with E-state index in [0.29, 0.717) is 46.7 Å². The van der Waals surface area contributed by atoms with E-state index < -0.39 is 5.91 Å². The van der Waals surface area contributed by atoms with Gasteiger partial charge in [-0.2, -0.15) is 5.26 Å². The fraction of sp³-hybridized carbons (Fsp3) is 0.200. The second-order valence-corrected chi connectivity index (χ2v) is 6.11. The molecule has 0 bridgehead atoms. The first-order valence-corrected chi connectivity index (χ1v) is 8.65. The van der Waals surface area contributed by atoms with Gasteiger partial charge in [0, 0.05) is 6.42 Å². The van der Waals surface area contributed by atoms with Gasteiger partial charge in [0.2, 0.25) is 0 Å². The Bertz CT molecular complexity index is 934. The van der Waals surface area contributed by atoms with Crippen LogP contribution in [-0.4, -0.2) is 26.2 Å². The summed E-state index contributed by atoms with van der Waals surface area (Å²) in [5, 5.41) is 12.5. The number of nitrogens with zero attached hydrogens (tertiary/aromatic N) is 1. The van der Waals surface area contributed by atoms with Gasteiger partial charge in [-0.15, -0.1) is 0 Å². The van der Waals surface area contributed by atoms with Crippen molar-refractivity contribution in [3.63, 3.8) is 0 Å². The molecule has 1 aliphatic rings. The predicted molar refractivity (Wildman–Crippen MR) is 102 cm³/mol. The molecule has 2 aromatic rings. The Morgan fingerprint density at radius 1 is 1.30 bits per heavy atom. The molecule has 1 heterocycles. The van der Waals surface area contributed by atoms with E-state index in [2.05, 4.69) is 5.32 Å². The number of nitriles is 1. The Morgan fingerprint density at radius 3 is 2.85 bits per heavy atom. The SMILES string of the molecule is COc1ccccc1NC(=O)/C(C#N)=C/c1cc(Cl)c2c(c1)OCCCO2. The second-order valence-electron chi connectivity index (χ2n) is 5.70. The number of amides is 1. The molecule has 1 amide bonds. The van der Waals surface area contributed by atoms with Crippen molar-refractivity contribution in [2.45, 2.75) is 6.42 Å². The first-order chi connectivity index (χ1) is 13.1. The molecule has 3 rings (SSSR count). The highest BCUT2D eigenvalue weighted by molar-refractivity contribution is 6.32. The van der Waals surface area contributed by atoms with Crippen LogP contribution in [-0.2, 0) is 4.79 Å². The molecule has 0 radical (unpaired) electrons. The number of rotatable bonds is 4. The van der Waals surface area contributed by atoms with Gasteiger partial charge < -0.3 is 19.5 Å². The molecule has 7 heteroatoms. The first-order valence-electron chi connectivity index (χ1n) is 8.27. The van der Waals surface area contributed by atoms with E-state index in [1.807, 2.05) is 6.07 Å². The molecule has 0 spiro atoms. The molecule has 138 valence electrons. The number of ether oxygens (including phenoxy) is 3. The van der Waals surface area contributed by atoms with Gasteiger partial charge in [0.25, 0.3) is 5.91 Å². The zero-order valence-electron chi connectivity index (χ0n) is 14.6. The number of methoxy groups -OCH3 is 1. The normalized spacial score (nSPS) is 13.3. The lowest BCUT2D eigenvalue weighted by Gasteiger charge is -2.11. The minimum Gasteiger partial charge on any atom is -0.495 e. The molecule has 27 heavy (non-hydrogen) atoms. The van der Waals surface area contributed by atoms with Crippen LogP contribution in [0.1, 0.15) is 12.0 Å². The van der Waals surface area contributed by atoms with Crippen LogP contribution in [0.15, 0.2) is 42.0 Å². The summed E-state index contributed by atoms with van der Waals surface area (Å²) in [6.45, 7) is 1.03. The number of carbonyl (C=O) groups excluding carboxylic acids is 1. The van der Waals surface area contributed by atoms with Crippen molar-refractivity contribution in [2.75, 3.05) is 25.6 Å². The minimum absolute atomic E-state index is 0.0773. The smallest absolute Gasteiger partial charge is 0.266 e. The summed E-state index contributed by atoms with van der Waals surface area (Å²) >= 11 is 6.26. The number of hydrogen-bond acceptors (Lipinski definition) is 5. The van der Waals surface area contributed by atoms with Gasteiger partial charge >= 0.3 is 0 Å². The molecule has 0 atom stereocenters. The summed E-state index contributed by atoms with van der Waals surface area (Å²) in [6.07, 6.45) is 2.20. The Labute approximate surface area is 161 Å². The number of hydrogen-bond donors (Lipinski definition) is 1. The fourth-order valence-corrected chi connectivity index (χ4v) is 2.86. The highest BCUT2D eigenvalue weighted by Crippen LogP contribution is 2.38. The van der Waals surface area contributed by atoms with E-state index in [0.717, 1.165) is 6.42 Å². The average molecular weight is 385 g/mol. The molecule has 0 fully saturated rings. The fourth-order valence-electron chi connectivity index (χ4n) is 2.59. The van der Waals surface area contributed by atoms with Gasteiger partial charge in [0.15, 0.2) is 11.5 Å². The highest BCUT2D eigenvalue weighted by atomic mass is 35.5. The van der Waals surface area contributed by atoms with Gasteiger partial charge in [0.1, 0.15) is 17.4 Å². The van der Waals surface area contributed by atoms with Crippen LogP contribution in [0.25, 0.3) is 6.08 Å². The molecule has 1 N–H and O–H groups in total. The Balaban J connectivity index is 1.88. The van der Waals surface area contributed by atoms with Crippen molar-refractivity contribution < 1.29 is 19.0 Å². The Kier molecular flexibility index (Phi) is 5.84. The van der Waals surface area contributed by atoms with Gasteiger partial charge in [-0.1, -0.05) is 23.7 Å². The third-order valence-electron chi connectivity index (χ3n) is 3.86. The summed E-state index contributed by atoms with van der Waals surface area (Å²) in [5.74, 6) is 0.920. The van der Waals surface area contributed by atoms with Crippen molar-refractivity contribution in [2.24, 2.45) is 0 Å². The Hall–Kier alpha value is -3.17. The van der Waals surface area contributed by atoms with Crippen molar-refractivity contribution in [1.82, 2.24) is 0 Å². The molecule has 0 saturated carbocycles. The van der Waals surface area contributed by atoms with E-state index in [1.54, 1.807) is 36.4 Å². The molecule has 1 aliphatic heterocycles. The lowest BCUT2D eigenvalue weighted by molar-refractivity contribution is -0.112. The van der Waals surface area contributed by atoms with E-state index in [9.17, 15) is 10.1 Å². The van der Waals surface area contributed by atoms with Crippen molar-refractivity contribution >= 4 is 29.3 Å². The quantitative estimate of drug-likeness (QED) is 0.635. The lowest BCUT2D eigenvalue weighted by atomic mass is 10.1. The predicted octanol–water partition coefficient (Wildman–Crippen LogP) is 4.06. The molecule has 2 aromatic carbocycles. The lowest BCUT2D eigenvalue weighted by Crippen LogP contribution is -2.14. The maximum atomic E-state index is 12.5. The number of nitrogens with one attached hydrogen (secondary N) is 1. The average Bonchev–Trinajstić information content (AvgIpc) is 2.92. The summed E-state index contributed by atoms with van der Waals surface area (Å²) in [7, 11) is 1.51. The molecule has 0 aromatic heterocycles. The standard InChI is InChI=1S/C20H17ClN2O4/c1-25-17-6-3-2-5-16(17)23-20(24)14(12-22)9-13-10-15(21)19-18(11-13)26-7-4-8-27-19/h2-3,5-6,9-11H,4,7-8H2,1H3,(H,23,24)/b14-9+. The van der Waals surface area contributed by atoms with Gasteiger partial charge in [-0.25, -0.2) is 0 Å². The van der Waals surface area contributed by atoms with Crippen molar-refractivity contribution in [3.05, 3.63) is 52.6 Å². The molecule has 0 saturated heterocycles. The van der Waals surface area contributed by atoms with Crippen LogP contribution < -0.4 is 19.5 Å². The summed E-state index contributed by atoms with van der Waals surface area (Å²) in [5.41, 5.74) is 0.963. The van der Waals surface area contributed by atoms with Crippen LogP contribution in [0.4, 0.5) is 5.69 Å². The van der Waals surface area contributed by atoms with Gasteiger partial charge in [0.05, 0.1) is 31.0 Å². The topological polar surface area (TPSA) is 80.6 Å². The zero-order chi connectivity index (χ0) is 19.2. The Morgan fingerprint density at radius 2 is 2.07 bits per heavy atom. The largest absolute Gasteiger partial charge is 0.495 e. The number of benzene rings is 2. The van der Waals surface area contributed by atoms with E-state index in [-0.39, 0.29) is 5.57 Å². The van der Waals surface area contributed by atoms with E-state index in [4.69, 9.17) is 25.8 Å². The van der Waals surface area contributed by atoms with Crippen LogP contribution in [0.5, 0.6) is 17.2 Å². The van der Waals surface area contributed by atoms with Crippen LogP contribution >= 0.6 is 11.6 Å². The summed E-state index contributed by atoms with van der Waals surface area (Å²) < 4.78 is 16.4. The van der Waals surface area contributed by atoms with E-state index in [1.165, 1.54) is 13.2 Å².